The van der Waals surface area contributed by atoms with Crippen molar-refractivity contribution in [3.05, 3.63) is 51.7 Å². The first-order valence-corrected chi connectivity index (χ1v) is 7.25. The van der Waals surface area contributed by atoms with Gasteiger partial charge in [0.15, 0.2) is 11.5 Å². The fraction of sp³-hybridized carbons (Fsp3) is 0.250. The average molecular weight is 354 g/mol. The molecule has 0 saturated heterocycles. The Morgan fingerprint density at radius 1 is 1.19 bits per heavy atom. The van der Waals surface area contributed by atoms with Crippen LogP contribution in [0.5, 0.6) is 11.5 Å². The van der Waals surface area contributed by atoms with Gasteiger partial charge in [-0.05, 0) is 46.6 Å². The molecule has 2 aromatic carbocycles. The lowest BCUT2D eigenvalue weighted by Gasteiger charge is -2.15. The number of anilines is 1. The molecule has 0 amide bonds. The number of methoxy groups -OCH3 is 2. The van der Waals surface area contributed by atoms with E-state index in [0.29, 0.717) is 22.5 Å². The largest absolute Gasteiger partial charge is 0.493 e. The van der Waals surface area contributed by atoms with Crippen LogP contribution >= 0.6 is 15.9 Å². The van der Waals surface area contributed by atoms with E-state index in [4.69, 9.17) is 9.47 Å². The lowest BCUT2D eigenvalue weighted by molar-refractivity contribution is 0.352. The predicted octanol–water partition coefficient (Wildman–Crippen LogP) is 4.53. The zero-order valence-electron chi connectivity index (χ0n) is 12.2. The zero-order chi connectivity index (χ0) is 15.4. The molecule has 0 aliphatic carbocycles. The number of aryl methyl sites for hydroxylation is 1. The smallest absolute Gasteiger partial charge is 0.165 e. The molecule has 0 unspecified atom stereocenters. The number of hydrogen-bond donors (Lipinski definition) is 1. The van der Waals surface area contributed by atoms with E-state index >= 15 is 0 Å². The summed E-state index contributed by atoms with van der Waals surface area (Å²) < 4.78 is 24.7. The first-order chi connectivity index (χ1) is 10.1. The SMILES string of the molecule is COc1cccc(CNc2cc(F)c(Br)cc2C)c1OC. The number of halogens is 2. The van der Waals surface area contributed by atoms with E-state index in [-0.39, 0.29) is 5.82 Å². The lowest BCUT2D eigenvalue weighted by atomic mass is 10.1. The van der Waals surface area contributed by atoms with E-state index in [0.717, 1.165) is 16.8 Å². The highest BCUT2D eigenvalue weighted by molar-refractivity contribution is 9.10. The van der Waals surface area contributed by atoms with Crippen molar-refractivity contribution in [2.45, 2.75) is 13.5 Å². The van der Waals surface area contributed by atoms with Crippen LogP contribution in [0.4, 0.5) is 10.1 Å². The molecule has 0 spiro atoms. The van der Waals surface area contributed by atoms with E-state index in [1.54, 1.807) is 20.3 Å². The Balaban J connectivity index is 2.22. The molecule has 0 saturated carbocycles. The predicted molar refractivity (Wildman–Crippen MR) is 85.7 cm³/mol. The van der Waals surface area contributed by atoms with Gasteiger partial charge >= 0.3 is 0 Å². The van der Waals surface area contributed by atoms with Crippen LogP contribution < -0.4 is 14.8 Å². The lowest BCUT2D eigenvalue weighted by Crippen LogP contribution is -2.04. The molecule has 3 nitrogen and oxygen atoms in total. The summed E-state index contributed by atoms with van der Waals surface area (Å²) in [6.45, 7) is 2.44. The fourth-order valence-corrected chi connectivity index (χ4v) is 2.58. The summed E-state index contributed by atoms with van der Waals surface area (Å²) in [6, 6.07) is 8.91. The van der Waals surface area contributed by atoms with Crippen molar-refractivity contribution < 1.29 is 13.9 Å². The highest BCUT2D eigenvalue weighted by atomic mass is 79.9. The molecule has 0 aromatic heterocycles. The summed E-state index contributed by atoms with van der Waals surface area (Å²) in [5.41, 5.74) is 2.66. The molecule has 2 aromatic rings. The summed E-state index contributed by atoms with van der Waals surface area (Å²) in [5, 5.41) is 3.23. The Morgan fingerprint density at radius 3 is 2.62 bits per heavy atom. The van der Waals surface area contributed by atoms with Crippen molar-refractivity contribution in [2.75, 3.05) is 19.5 Å². The second-order valence-electron chi connectivity index (χ2n) is 4.59. The zero-order valence-corrected chi connectivity index (χ0v) is 13.8. The summed E-state index contributed by atoms with van der Waals surface area (Å²) in [7, 11) is 3.20. The van der Waals surface area contributed by atoms with E-state index < -0.39 is 0 Å². The molecule has 112 valence electrons. The monoisotopic (exact) mass is 353 g/mol. The van der Waals surface area contributed by atoms with Crippen LogP contribution in [0.3, 0.4) is 0 Å². The Morgan fingerprint density at radius 2 is 1.95 bits per heavy atom. The third kappa shape index (κ3) is 3.47. The Labute approximate surface area is 132 Å². The number of ether oxygens (including phenoxy) is 2. The number of nitrogens with one attached hydrogen (secondary N) is 1. The van der Waals surface area contributed by atoms with Crippen LogP contribution in [0, 0.1) is 12.7 Å². The van der Waals surface area contributed by atoms with Crippen molar-refractivity contribution >= 4 is 21.6 Å². The van der Waals surface area contributed by atoms with Gasteiger partial charge in [0.1, 0.15) is 5.82 Å². The Bertz CT molecular complexity index is 646. The fourth-order valence-electron chi connectivity index (χ4n) is 2.12. The second-order valence-corrected chi connectivity index (χ2v) is 5.44. The summed E-state index contributed by atoms with van der Waals surface area (Å²) in [5.74, 6) is 1.07. The molecule has 0 aliphatic heterocycles. The summed E-state index contributed by atoms with van der Waals surface area (Å²) >= 11 is 3.18. The molecule has 0 radical (unpaired) electrons. The molecule has 0 atom stereocenters. The molecule has 21 heavy (non-hydrogen) atoms. The molecule has 5 heteroatoms. The van der Waals surface area contributed by atoms with Crippen LogP contribution in [0.15, 0.2) is 34.8 Å². The number of rotatable bonds is 5. The van der Waals surface area contributed by atoms with Crippen molar-refractivity contribution in [3.8, 4) is 11.5 Å². The molecule has 0 heterocycles. The van der Waals surface area contributed by atoms with E-state index in [1.807, 2.05) is 25.1 Å². The Kier molecular flexibility index (Phi) is 5.07. The van der Waals surface area contributed by atoms with Crippen molar-refractivity contribution in [3.63, 3.8) is 0 Å². The minimum Gasteiger partial charge on any atom is -0.493 e. The number of hydrogen-bond acceptors (Lipinski definition) is 3. The Hall–Kier alpha value is -1.75. The second kappa shape index (κ2) is 6.80. The minimum absolute atomic E-state index is 0.291. The van der Waals surface area contributed by atoms with Gasteiger partial charge in [0.25, 0.3) is 0 Å². The maximum atomic E-state index is 13.6. The van der Waals surface area contributed by atoms with Gasteiger partial charge in [0, 0.05) is 17.8 Å². The minimum atomic E-state index is -0.291. The van der Waals surface area contributed by atoms with Crippen LogP contribution in [0.2, 0.25) is 0 Å². The molecule has 2 rings (SSSR count). The van der Waals surface area contributed by atoms with E-state index in [1.165, 1.54) is 6.07 Å². The van der Waals surface area contributed by atoms with Crippen LogP contribution in [0.25, 0.3) is 0 Å². The van der Waals surface area contributed by atoms with Gasteiger partial charge in [-0.2, -0.15) is 0 Å². The maximum absolute atomic E-state index is 13.6. The highest BCUT2D eigenvalue weighted by Gasteiger charge is 2.10. The van der Waals surface area contributed by atoms with Crippen molar-refractivity contribution in [1.29, 1.82) is 0 Å². The maximum Gasteiger partial charge on any atom is 0.165 e. The topological polar surface area (TPSA) is 30.5 Å². The molecule has 0 aliphatic rings. The molecule has 1 N–H and O–H groups in total. The van der Waals surface area contributed by atoms with Crippen molar-refractivity contribution in [2.24, 2.45) is 0 Å². The normalized spacial score (nSPS) is 10.3. The summed E-state index contributed by atoms with van der Waals surface area (Å²) in [4.78, 5) is 0. The van der Waals surface area contributed by atoms with E-state index in [2.05, 4.69) is 21.2 Å². The summed E-state index contributed by atoms with van der Waals surface area (Å²) in [6.07, 6.45) is 0. The van der Waals surface area contributed by atoms with Gasteiger partial charge < -0.3 is 14.8 Å². The van der Waals surface area contributed by atoms with Gasteiger partial charge in [-0.1, -0.05) is 12.1 Å². The third-order valence-corrected chi connectivity index (χ3v) is 3.83. The molecule has 0 fully saturated rings. The average Bonchev–Trinajstić information content (AvgIpc) is 2.49. The molecular formula is C16H17BrFNO2. The van der Waals surface area contributed by atoms with Crippen molar-refractivity contribution in [1.82, 2.24) is 0 Å². The van der Waals surface area contributed by atoms with Crippen LogP contribution in [-0.2, 0) is 6.54 Å². The third-order valence-electron chi connectivity index (χ3n) is 3.22. The molecular weight excluding hydrogens is 337 g/mol. The van der Waals surface area contributed by atoms with Gasteiger partial charge in [-0.25, -0.2) is 4.39 Å². The van der Waals surface area contributed by atoms with Gasteiger partial charge in [0.05, 0.1) is 18.7 Å². The van der Waals surface area contributed by atoms with Gasteiger partial charge in [-0.3, -0.25) is 0 Å². The highest BCUT2D eigenvalue weighted by Crippen LogP contribution is 2.31. The first-order valence-electron chi connectivity index (χ1n) is 6.46. The molecule has 0 bridgehead atoms. The van der Waals surface area contributed by atoms with Gasteiger partial charge in [0.2, 0.25) is 0 Å². The van der Waals surface area contributed by atoms with Crippen LogP contribution in [-0.4, -0.2) is 14.2 Å². The van der Waals surface area contributed by atoms with E-state index in [9.17, 15) is 4.39 Å². The number of benzene rings is 2. The van der Waals surface area contributed by atoms with Gasteiger partial charge in [-0.15, -0.1) is 0 Å². The quantitative estimate of drug-likeness (QED) is 0.856. The number of para-hydroxylation sites is 1. The standard InChI is InChI=1S/C16H17BrFNO2/c1-10-7-12(17)13(18)8-14(10)19-9-11-5-4-6-15(20-2)16(11)21-3/h4-8,19H,9H2,1-3H3. The van der Waals surface area contributed by atoms with Crippen LogP contribution in [0.1, 0.15) is 11.1 Å². The first kappa shape index (κ1) is 15.6.